The summed E-state index contributed by atoms with van der Waals surface area (Å²) >= 11 is 0. The van der Waals surface area contributed by atoms with Gasteiger partial charge in [-0.15, -0.1) is 0 Å². The van der Waals surface area contributed by atoms with Crippen LogP contribution in [0.3, 0.4) is 0 Å². The van der Waals surface area contributed by atoms with E-state index in [1.807, 2.05) is 6.07 Å². The smallest absolute Gasteiger partial charge is 0.319 e. The van der Waals surface area contributed by atoms with Gasteiger partial charge in [0.2, 0.25) is 5.88 Å². The van der Waals surface area contributed by atoms with Crippen LogP contribution in [-0.4, -0.2) is 27.0 Å². The molecule has 2 N–H and O–H groups in total. The summed E-state index contributed by atoms with van der Waals surface area (Å²) in [5, 5.41) is 0. The molecular formula is C19H18FN5O2. The molecule has 138 valence electrons. The van der Waals surface area contributed by atoms with Crippen LogP contribution in [0.4, 0.5) is 10.2 Å². The van der Waals surface area contributed by atoms with Crippen LogP contribution in [0.2, 0.25) is 0 Å². The standard InChI is InChI=1S/C19H18FN5O2/c1-26-19-22-8-7-16(25-19)27-18-12(11-3-2-4-11)5-6-13(17(18)20)14-9-24-15(21)10-23-14/h5-11H,2-4H2,1H3,(H2,21,24). The van der Waals surface area contributed by atoms with Crippen molar-refractivity contribution in [3.8, 4) is 28.9 Å². The van der Waals surface area contributed by atoms with Crippen LogP contribution in [0.1, 0.15) is 30.7 Å². The number of rotatable bonds is 5. The zero-order valence-electron chi connectivity index (χ0n) is 14.7. The minimum Gasteiger partial charge on any atom is -0.467 e. The normalized spacial score (nSPS) is 13.9. The maximum absolute atomic E-state index is 15.4. The van der Waals surface area contributed by atoms with Crippen molar-refractivity contribution in [2.45, 2.75) is 25.2 Å². The van der Waals surface area contributed by atoms with E-state index >= 15 is 4.39 Å². The Morgan fingerprint density at radius 2 is 1.96 bits per heavy atom. The monoisotopic (exact) mass is 367 g/mol. The molecule has 8 heteroatoms. The summed E-state index contributed by atoms with van der Waals surface area (Å²) in [6.45, 7) is 0. The van der Waals surface area contributed by atoms with E-state index in [-0.39, 0.29) is 29.4 Å². The van der Waals surface area contributed by atoms with E-state index < -0.39 is 5.82 Å². The van der Waals surface area contributed by atoms with E-state index in [0.29, 0.717) is 11.3 Å². The highest BCUT2D eigenvalue weighted by atomic mass is 19.1. The third-order valence-corrected chi connectivity index (χ3v) is 4.62. The van der Waals surface area contributed by atoms with Crippen molar-refractivity contribution in [2.24, 2.45) is 0 Å². The van der Waals surface area contributed by atoms with Crippen molar-refractivity contribution in [3.05, 3.63) is 48.2 Å². The fourth-order valence-electron chi connectivity index (χ4n) is 2.98. The third-order valence-electron chi connectivity index (χ3n) is 4.62. The molecule has 27 heavy (non-hydrogen) atoms. The molecule has 1 fully saturated rings. The topological polar surface area (TPSA) is 96.0 Å². The molecule has 1 aliphatic rings. The van der Waals surface area contributed by atoms with Gasteiger partial charge < -0.3 is 15.2 Å². The number of methoxy groups -OCH3 is 1. The van der Waals surface area contributed by atoms with Crippen molar-refractivity contribution in [1.29, 1.82) is 0 Å². The zero-order valence-corrected chi connectivity index (χ0v) is 14.7. The first-order valence-corrected chi connectivity index (χ1v) is 8.61. The molecule has 1 aliphatic carbocycles. The van der Waals surface area contributed by atoms with Crippen LogP contribution in [0.15, 0.2) is 36.8 Å². The SMILES string of the molecule is COc1nccc(Oc2c(C3CCC3)ccc(-c3cnc(N)cn3)c2F)n1. The lowest BCUT2D eigenvalue weighted by molar-refractivity contribution is 0.354. The number of hydrogen-bond acceptors (Lipinski definition) is 7. The summed E-state index contributed by atoms with van der Waals surface area (Å²) in [4.78, 5) is 16.2. The van der Waals surface area contributed by atoms with Gasteiger partial charge in [-0.2, -0.15) is 4.98 Å². The van der Waals surface area contributed by atoms with Crippen molar-refractivity contribution >= 4 is 5.82 Å². The first-order valence-electron chi connectivity index (χ1n) is 8.61. The molecule has 0 radical (unpaired) electrons. The van der Waals surface area contributed by atoms with E-state index in [9.17, 15) is 0 Å². The number of aromatic nitrogens is 4. The number of nitrogens with zero attached hydrogens (tertiary/aromatic N) is 4. The number of anilines is 1. The second-order valence-corrected chi connectivity index (χ2v) is 6.28. The Morgan fingerprint density at radius 1 is 1.11 bits per heavy atom. The molecule has 0 amide bonds. The number of nitrogen functional groups attached to an aromatic ring is 1. The number of halogens is 1. The second kappa shape index (κ2) is 7.14. The summed E-state index contributed by atoms with van der Waals surface area (Å²) < 4.78 is 26.3. The molecule has 4 rings (SSSR count). The molecule has 2 heterocycles. The minimum absolute atomic E-state index is 0.150. The molecular weight excluding hydrogens is 349 g/mol. The highest BCUT2D eigenvalue weighted by Gasteiger charge is 2.27. The van der Waals surface area contributed by atoms with Gasteiger partial charge in [0.25, 0.3) is 0 Å². The van der Waals surface area contributed by atoms with Crippen LogP contribution in [0.5, 0.6) is 17.6 Å². The summed E-state index contributed by atoms with van der Waals surface area (Å²) in [5.74, 6) is 0.397. The molecule has 0 atom stereocenters. The Hall–Kier alpha value is -3.29. The van der Waals surface area contributed by atoms with Gasteiger partial charge >= 0.3 is 6.01 Å². The molecule has 2 aromatic heterocycles. The number of ether oxygens (including phenoxy) is 2. The Balaban J connectivity index is 1.78. The highest BCUT2D eigenvalue weighted by molar-refractivity contribution is 5.64. The molecule has 1 aromatic carbocycles. The van der Waals surface area contributed by atoms with Crippen LogP contribution in [0.25, 0.3) is 11.3 Å². The maximum atomic E-state index is 15.4. The van der Waals surface area contributed by atoms with Gasteiger partial charge in [-0.3, -0.25) is 4.98 Å². The molecule has 3 aromatic rings. The summed E-state index contributed by atoms with van der Waals surface area (Å²) in [5.41, 5.74) is 7.07. The van der Waals surface area contributed by atoms with Gasteiger partial charge in [-0.25, -0.2) is 14.4 Å². The van der Waals surface area contributed by atoms with Gasteiger partial charge in [0.1, 0.15) is 5.82 Å². The van der Waals surface area contributed by atoms with Crippen molar-refractivity contribution < 1.29 is 13.9 Å². The van der Waals surface area contributed by atoms with Crippen LogP contribution >= 0.6 is 0 Å². The van der Waals surface area contributed by atoms with E-state index in [0.717, 1.165) is 24.8 Å². The third kappa shape index (κ3) is 3.38. The first kappa shape index (κ1) is 17.1. The lowest BCUT2D eigenvalue weighted by Crippen LogP contribution is -2.11. The minimum atomic E-state index is -0.504. The van der Waals surface area contributed by atoms with E-state index in [2.05, 4.69) is 19.9 Å². The lowest BCUT2D eigenvalue weighted by Gasteiger charge is -2.28. The first-order chi connectivity index (χ1) is 13.2. The van der Waals surface area contributed by atoms with Crippen molar-refractivity contribution in [2.75, 3.05) is 12.8 Å². The van der Waals surface area contributed by atoms with Crippen molar-refractivity contribution in [3.63, 3.8) is 0 Å². The van der Waals surface area contributed by atoms with E-state index in [1.54, 1.807) is 12.1 Å². The second-order valence-electron chi connectivity index (χ2n) is 6.28. The van der Waals surface area contributed by atoms with Crippen LogP contribution in [-0.2, 0) is 0 Å². The van der Waals surface area contributed by atoms with Crippen LogP contribution in [0, 0.1) is 5.82 Å². The molecule has 0 unspecified atom stereocenters. The Bertz CT molecular complexity index is 961. The molecule has 0 spiro atoms. The highest BCUT2D eigenvalue weighted by Crippen LogP contribution is 2.44. The van der Waals surface area contributed by atoms with E-state index in [4.69, 9.17) is 15.2 Å². The number of benzene rings is 1. The Kier molecular flexibility index (Phi) is 4.53. The van der Waals surface area contributed by atoms with Gasteiger partial charge in [0.15, 0.2) is 11.6 Å². The molecule has 0 aliphatic heterocycles. The summed E-state index contributed by atoms with van der Waals surface area (Å²) in [6.07, 6.45) is 7.46. The van der Waals surface area contributed by atoms with Gasteiger partial charge in [0.05, 0.1) is 25.2 Å². The van der Waals surface area contributed by atoms with Gasteiger partial charge in [-0.1, -0.05) is 12.5 Å². The largest absolute Gasteiger partial charge is 0.467 e. The zero-order chi connectivity index (χ0) is 18.8. The van der Waals surface area contributed by atoms with Crippen LogP contribution < -0.4 is 15.2 Å². The molecule has 0 bridgehead atoms. The average molecular weight is 367 g/mol. The number of nitrogens with two attached hydrogens (primary N) is 1. The Morgan fingerprint density at radius 3 is 2.63 bits per heavy atom. The van der Waals surface area contributed by atoms with Gasteiger partial charge in [0, 0.05) is 23.4 Å². The fourth-order valence-corrected chi connectivity index (χ4v) is 2.98. The lowest BCUT2D eigenvalue weighted by atomic mass is 9.79. The van der Waals surface area contributed by atoms with E-state index in [1.165, 1.54) is 25.7 Å². The fraction of sp³-hybridized carbons (Fsp3) is 0.263. The predicted octanol–water partition coefficient (Wildman–Crippen LogP) is 3.72. The Labute approximate surface area is 155 Å². The summed E-state index contributed by atoms with van der Waals surface area (Å²) in [6, 6.07) is 5.30. The molecule has 1 saturated carbocycles. The average Bonchev–Trinajstić information content (AvgIpc) is 2.64. The summed E-state index contributed by atoms with van der Waals surface area (Å²) in [7, 11) is 1.46. The number of hydrogen-bond donors (Lipinski definition) is 1. The predicted molar refractivity (Wildman–Crippen MR) is 97.1 cm³/mol. The quantitative estimate of drug-likeness (QED) is 0.734. The van der Waals surface area contributed by atoms with Crippen molar-refractivity contribution in [1.82, 2.24) is 19.9 Å². The molecule has 0 saturated heterocycles. The molecule has 7 nitrogen and oxygen atoms in total. The maximum Gasteiger partial charge on any atom is 0.319 e. The van der Waals surface area contributed by atoms with Gasteiger partial charge in [-0.05, 0) is 24.8 Å².